The molecule has 0 radical (unpaired) electrons. The summed E-state index contributed by atoms with van der Waals surface area (Å²) >= 11 is 0. The zero-order chi connectivity index (χ0) is 16.2. The van der Waals surface area contributed by atoms with E-state index in [9.17, 15) is 4.79 Å². The molecular formula is C17H22N4O2. The molecule has 0 N–H and O–H groups in total. The average molecular weight is 314 g/mol. The van der Waals surface area contributed by atoms with Crippen molar-refractivity contribution in [1.29, 1.82) is 0 Å². The molecule has 1 saturated heterocycles. The van der Waals surface area contributed by atoms with Crippen LogP contribution in [0.5, 0.6) is 0 Å². The fraction of sp³-hybridized carbons (Fsp3) is 0.529. The van der Waals surface area contributed by atoms with Gasteiger partial charge in [-0.15, -0.1) is 0 Å². The van der Waals surface area contributed by atoms with Crippen LogP contribution in [-0.4, -0.2) is 32.5 Å². The molecule has 0 spiro atoms. The quantitative estimate of drug-likeness (QED) is 0.868. The van der Waals surface area contributed by atoms with Crippen LogP contribution in [0.2, 0.25) is 0 Å². The highest BCUT2D eigenvalue weighted by Gasteiger charge is 2.31. The molecule has 0 bridgehead atoms. The Labute approximate surface area is 135 Å². The van der Waals surface area contributed by atoms with E-state index in [1.165, 1.54) is 0 Å². The van der Waals surface area contributed by atoms with Crippen molar-refractivity contribution in [2.24, 2.45) is 0 Å². The lowest BCUT2D eigenvalue weighted by Crippen LogP contribution is -2.35. The number of amides is 1. The van der Waals surface area contributed by atoms with Crippen LogP contribution in [0.25, 0.3) is 0 Å². The van der Waals surface area contributed by atoms with Crippen molar-refractivity contribution in [3.63, 3.8) is 0 Å². The van der Waals surface area contributed by atoms with Crippen LogP contribution in [0.1, 0.15) is 73.6 Å². The zero-order valence-electron chi connectivity index (χ0n) is 13.6. The fourth-order valence-electron chi connectivity index (χ4n) is 2.90. The molecular weight excluding hydrogens is 292 g/mol. The average Bonchev–Trinajstić information content (AvgIpc) is 2.94. The van der Waals surface area contributed by atoms with Crippen LogP contribution >= 0.6 is 0 Å². The second-order valence-electron chi connectivity index (χ2n) is 6.25. The highest BCUT2D eigenvalue weighted by atomic mass is 16.5. The Hall–Kier alpha value is -2.24. The summed E-state index contributed by atoms with van der Waals surface area (Å²) in [7, 11) is 0. The van der Waals surface area contributed by atoms with Crippen molar-refractivity contribution in [2.75, 3.05) is 6.54 Å². The molecule has 1 atom stereocenters. The number of hydrogen-bond acceptors (Lipinski definition) is 5. The first kappa shape index (κ1) is 15.6. The van der Waals surface area contributed by atoms with E-state index in [4.69, 9.17) is 4.52 Å². The van der Waals surface area contributed by atoms with Gasteiger partial charge in [-0.25, -0.2) is 0 Å². The van der Waals surface area contributed by atoms with E-state index in [2.05, 4.69) is 15.1 Å². The van der Waals surface area contributed by atoms with Crippen LogP contribution in [0, 0.1) is 0 Å². The summed E-state index contributed by atoms with van der Waals surface area (Å²) in [6.07, 6.45) is 7.34. The van der Waals surface area contributed by atoms with Gasteiger partial charge in [0.15, 0.2) is 5.82 Å². The number of rotatable bonds is 3. The summed E-state index contributed by atoms with van der Waals surface area (Å²) < 4.78 is 5.34. The number of nitrogens with zero attached hydrogens (tertiary/aromatic N) is 4. The predicted octanol–water partition coefficient (Wildman–Crippen LogP) is 3.35. The van der Waals surface area contributed by atoms with E-state index < -0.39 is 0 Å². The molecule has 1 aliphatic heterocycles. The number of carbonyl (C=O) groups is 1. The van der Waals surface area contributed by atoms with Gasteiger partial charge in [0.2, 0.25) is 5.89 Å². The number of carbonyl (C=O) groups excluding carboxylic acids is 1. The van der Waals surface area contributed by atoms with Crippen molar-refractivity contribution in [3.8, 4) is 0 Å². The first-order chi connectivity index (χ1) is 11.2. The molecule has 1 aliphatic rings. The summed E-state index contributed by atoms with van der Waals surface area (Å²) in [5.41, 5.74) is 0.652. The molecule has 0 aliphatic carbocycles. The third-order valence-corrected chi connectivity index (χ3v) is 4.19. The molecule has 23 heavy (non-hydrogen) atoms. The minimum Gasteiger partial charge on any atom is -0.339 e. The van der Waals surface area contributed by atoms with E-state index in [0.717, 1.165) is 32.2 Å². The number of hydrogen-bond donors (Lipinski definition) is 0. The van der Waals surface area contributed by atoms with Gasteiger partial charge in [0, 0.05) is 30.4 Å². The number of pyridine rings is 1. The summed E-state index contributed by atoms with van der Waals surface area (Å²) in [5, 5.41) is 4.14. The smallest absolute Gasteiger partial charge is 0.254 e. The lowest BCUT2D eigenvalue weighted by Gasteiger charge is -2.27. The molecule has 3 heterocycles. The first-order valence-electron chi connectivity index (χ1n) is 8.21. The minimum absolute atomic E-state index is 0.00944. The summed E-state index contributed by atoms with van der Waals surface area (Å²) in [6.45, 7) is 4.76. The number of aromatic nitrogens is 3. The number of likely N-dealkylation sites (tertiary alicyclic amines) is 1. The molecule has 2 aromatic heterocycles. The van der Waals surface area contributed by atoms with Gasteiger partial charge in [-0.1, -0.05) is 31.8 Å². The standard InChI is InChI=1S/C17H22N4O2/c1-12(2)16-19-15(20-23-16)14-6-4-3-5-11-21(14)17(22)13-7-9-18-10-8-13/h7-10,12,14H,3-6,11H2,1-2H3/t14-/m0/s1. The van der Waals surface area contributed by atoms with Gasteiger partial charge in [0.1, 0.15) is 0 Å². The summed E-state index contributed by atoms with van der Waals surface area (Å²) in [5.74, 6) is 1.44. The van der Waals surface area contributed by atoms with E-state index >= 15 is 0 Å². The minimum atomic E-state index is -0.116. The second-order valence-corrected chi connectivity index (χ2v) is 6.25. The Morgan fingerprint density at radius 1 is 1.26 bits per heavy atom. The predicted molar refractivity (Wildman–Crippen MR) is 84.9 cm³/mol. The lowest BCUT2D eigenvalue weighted by atomic mass is 10.1. The van der Waals surface area contributed by atoms with Gasteiger partial charge in [-0.2, -0.15) is 4.98 Å². The summed E-state index contributed by atoms with van der Waals surface area (Å²) in [4.78, 5) is 23.3. The van der Waals surface area contributed by atoms with Gasteiger partial charge in [0.25, 0.3) is 5.91 Å². The van der Waals surface area contributed by atoms with Crippen LogP contribution in [0.15, 0.2) is 29.0 Å². The van der Waals surface area contributed by atoms with Crippen molar-refractivity contribution in [1.82, 2.24) is 20.0 Å². The monoisotopic (exact) mass is 314 g/mol. The largest absolute Gasteiger partial charge is 0.339 e. The second kappa shape index (κ2) is 6.89. The maximum Gasteiger partial charge on any atom is 0.254 e. The molecule has 6 nitrogen and oxygen atoms in total. The molecule has 0 aromatic carbocycles. The normalized spacial score (nSPS) is 18.9. The van der Waals surface area contributed by atoms with E-state index in [0.29, 0.717) is 17.3 Å². The third kappa shape index (κ3) is 3.41. The maximum absolute atomic E-state index is 12.9. The highest BCUT2D eigenvalue weighted by molar-refractivity contribution is 5.94. The van der Waals surface area contributed by atoms with Crippen molar-refractivity contribution >= 4 is 5.91 Å². The topological polar surface area (TPSA) is 72.1 Å². The molecule has 3 rings (SSSR count). The molecule has 122 valence electrons. The van der Waals surface area contributed by atoms with Crippen LogP contribution in [-0.2, 0) is 0 Å². The van der Waals surface area contributed by atoms with Crippen LogP contribution in [0.3, 0.4) is 0 Å². The molecule has 6 heteroatoms. The van der Waals surface area contributed by atoms with Crippen molar-refractivity contribution in [3.05, 3.63) is 41.8 Å². The molecule has 2 aromatic rings. The Morgan fingerprint density at radius 3 is 2.74 bits per heavy atom. The Balaban J connectivity index is 1.89. The summed E-state index contributed by atoms with van der Waals surface area (Å²) in [6, 6.07) is 3.38. The Kier molecular flexibility index (Phi) is 4.69. The first-order valence-corrected chi connectivity index (χ1v) is 8.21. The van der Waals surface area contributed by atoms with Gasteiger partial charge in [0.05, 0.1) is 6.04 Å². The van der Waals surface area contributed by atoms with Gasteiger partial charge >= 0.3 is 0 Å². The van der Waals surface area contributed by atoms with Crippen LogP contribution < -0.4 is 0 Å². The molecule has 1 fully saturated rings. The lowest BCUT2D eigenvalue weighted by molar-refractivity contribution is 0.0670. The maximum atomic E-state index is 12.9. The molecule has 1 amide bonds. The SMILES string of the molecule is CC(C)c1nc([C@@H]2CCCCCN2C(=O)c2ccncc2)no1. The Morgan fingerprint density at radius 2 is 2.04 bits per heavy atom. The van der Waals surface area contributed by atoms with E-state index in [-0.39, 0.29) is 17.9 Å². The van der Waals surface area contributed by atoms with E-state index in [1.807, 2.05) is 18.7 Å². The fourth-order valence-corrected chi connectivity index (χ4v) is 2.90. The van der Waals surface area contributed by atoms with Crippen molar-refractivity contribution in [2.45, 2.75) is 51.5 Å². The van der Waals surface area contributed by atoms with Crippen molar-refractivity contribution < 1.29 is 9.32 Å². The van der Waals surface area contributed by atoms with Gasteiger partial charge < -0.3 is 9.42 Å². The molecule has 0 unspecified atom stereocenters. The van der Waals surface area contributed by atoms with Crippen LogP contribution in [0.4, 0.5) is 0 Å². The highest BCUT2D eigenvalue weighted by Crippen LogP contribution is 2.30. The molecule has 0 saturated carbocycles. The van der Waals surface area contributed by atoms with Gasteiger partial charge in [-0.3, -0.25) is 9.78 Å². The van der Waals surface area contributed by atoms with E-state index in [1.54, 1.807) is 24.5 Å². The third-order valence-electron chi connectivity index (χ3n) is 4.19. The zero-order valence-corrected chi connectivity index (χ0v) is 13.6. The Bertz CT molecular complexity index is 654. The van der Waals surface area contributed by atoms with Gasteiger partial charge in [-0.05, 0) is 25.0 Å².